The highest BCUT2D eigenvalue weighted by atomic mass is 35.5. The molecule has 2 amide bonds. The summed E-state index contributed by atoms with van der Waals surface area (Å²) in [6.45, 7) is 4.44. The number of aryl methyl sites for hydroxylation is 1. The summed E-state index contributed by atoms with van der Waals surface area (Å²) >= 11 is 6.72. The van der Waals surface area contributed by atoms with Crippen molar-refractivity contribution in [3.8, 4) is 5.75 Å². The number of fused-ring (bicyclic) bond motifs is 1. The lowest BCUT2D eigenvalue weighted by molar-refractivity contribution is -0.147. The Morgan fingerprint density at radius 3 is 2.72 bits per heavy atom. The number of benzene rings is 1. The molecule has 13 heteroatoms. The maximum atomic E-state index is 14.6. The van der Waals surface area contributed by atoms with E-state index in [0.29, 0.717) is 42.1 Å². The number of likely N-dealkylation sites (tertiary alicyclic amines) is 1. The Labute approximate surface area is 254 Å². The summed E-state index contributed by atoms with van der Waals surface area (Å²) in [7, 11) is 1.40. The van der Waals surface area contributed by atoms with Gasteiger partial charge in [-0.15, -0.1) is 5.10 Å². The summed E-state index contributed by atoms with van der Waals surface area (Å²) in [5.74, 6) is 0.0182. The van der Waals surface area contributed by atoms with Crippen molar-refractivity contribution < 1.29 is 33.0 Å². The van der Waals surface area contributed by atoms with E-state index >= 15 is 0 Å². The van der Waals surface area contributed by atoms with Gasteiger partial charge in [0.25, 0.3) is 6.43 Å². The zero-order valence-corrected chi connectivity index (χ0v) is 25.4. The van der Waals surface area contributed by atoms with Crippen LogP contribution in [-0.2, 0) is 34.4 Å². The first-order valence-electron chi connectivity index (χ1n) is 15.1. The molecule has 1 aromatic heterocycles. The highest BCUT2D eigenvalue weighted by Gasteiger charge is 2.58. The van der Waals surface area contributed by atoms with E-state index in [0.717, 1.165) is 35.9 Å². The molecule has 1 saturated carbocycles. The minimum Gasteiger partial charge on any atom is -0.487 e. The Kier molecular flexibility index (Phi) is 8.14. The molecule has 6 rings (SSSR count). The van der Waals surface area contributed by atoms with Gasteiger partial charge in [-0.1, -0.05) is 36.6 Å². The Morgan fingerprint density at radius 2 is 2.05 bits per heavy atom. The third-order valence-corrected chi connectivity index (χ3v) is 10.4. The van der Waals surface area contributed by atoms with Crippen LogP contribution >= 0.6 is 11.6 Å². The maximum Gasteiger partial charge on any atom is 0.282 e. The van der Waals surface area contributed by atoms with Crippen LogP contribution in [-0.4, -0.2) is 73.2 Å². The standard InChI is InChI=1S/C30H38ClF2N5O5/c1-16-7-10-23(39)38(16)14-21-24-17(19(31)8-9-22(24)42-15-20-25(27(32)33)36(3)35-34-20)11-13-37(21)28(40)18-6-4-5-12-30(18,2)26-29(41)43-26/h8-9,16,18,21,26-27,29,41H,4-7,10-15H2,1-3H3/t16-,18-,21+,26?,29?,30-/m0/s1. The van der Waals surface area contributed by atoms with E-state index in [1.165, 1.54) is 7.05 Å². The second-order valence-corrected chi connectivity index (χ2v) is 13.0. The molecule has 4 aliphatic rings. The van der Waals surface area contributed by atoms with Crippen molar-refractivity contribution in [2.75, 3.05) is 13.1 Å². The number of aliphatic hydroxyl groups excluding tert-OH is 1. The van der Waals surface area contributed by atoms with Gasteiger partial charge in [0.1, 0.15) is 29.8 Å². The average Bonchev–Trinajstić information content (AvgIpc) is 3.49. The summed E-state index contributed by atoms with van der Waals surface area (Å²) in [6, 6.07) is 2.83. The molecule has 0 radical (unpaired) electrons. The first-order chi connectivity index (χ1) is 20.5. The molecule has 1 N–H and O–H groups in total. The van der Waals surface area contributed by atoms with Crippen molar-refractivity contribution in [2.45, 2.75) is 96.3 Å². The number of carbonyl (C=O) groups is 2. The van der Waals surface area contributed by atoms with Crippen LogP contribution in [0.3, 0.4) is 0 Å². The van der Waals surface area contributed by atoms with E-state index in [1.54, 1.807) is 12.1 Å². The number of ether oxygens (including phenoxy) is 2. The number of alkyl halides is 2. The van der Waals surface area contributed by atoms with Gasteiger partial charge in [0.2, 0.25) is 11.8 Å². The highest BCUT2D eigenvalue weighted by molar-refractivity contribution is 6.31. The van der Waals surface area contributed by atoms with Crippen molar-refractivity contribution in [2.24, 2.45) is 18.4 Å². The van der Waals surface area contributed by atoms with Crippen molar-refractivity contribution in [3.05, 3.63) is 39.7 Å². The lowest BCUT2D eigenvalue weighted by Gasteiger charge is -2.46. The van der Waals surface area contributed by atoms with Crippen molar-refractivity contribution in [1.29, 1.82) is 0 Å². The average molecular weight is 622 g/mol. The predicted octanol–water partition coefficient (Wildman–Crippen LogP) is 4.34. The lowest BCUT2D eigenvalue weighted by Crippen LogP contribution is -2.52. The van der Waals surface area contributed by atoms with Crippen LogP contribution in [0.2, 0.25) is 5.02 Å². The molecule has 1 aliphatic carbocycles. The molecule has 2 aromatic rings. The van der Waals surface area contributed by atoms with Gasteiger partial charge in [0.05, 0.1) is 6.04 Å². The fraction of sp³-hybridized carbons (Fsp3) is 0.667. The van der Waals surface area contributed by atoms with Crippen LogP contribution < -0.4 is 4.74 Å². The fourth-order valence-electron chi connectivity index (χ4n) is 7.52. The molecular formula is C30H38ClF2N5O5. The van der Waals surface area contributed by atoms with Crippen LogP contribution in [0.15, 0.2) is 12.1 Å². The molecule has 43 heavy (non-hydrogen) atoms. The second kappa shape index (κ2) is 11.6. The molecule has 2 unspecified atom stereocenters. The predicted molar refractivity (Wildman–Crippen MR) is 151 cm³/mol. The monoisotopic (exact) mass is 621 g/mol. The van der Waals surface area contributed by atoms with Gasteiger partial charge in [-0.3, -0.25) is 9.59 Å². The quantitative estimate of drug-likeness (QED) is 0.437. The third-order valence-electron chi connectivity index (χ3n) is 10.0. The molecule has 4 heterocycles. The van der Waals surface area contributed by atoms with Gasteiger partial charge in [0, 0.05) is 54.5 Å². The zero-order valence-electron chi connectivity index (χ0n) is 24.6. The first-order valence-corrected chi connectivity index (χ1v) is 15.4. The number of nitrogens with zero attached hydrogens (tertiary/aromatic N) is 5. The van der Waals surface area contributed by atoms with E-state index in [-0.39, 0.29) is 54.4 Å². The number of rotatable bonds is 8. The lowest BCUT2D eigenvalue weighted by atomic mass is 9.64. The maximum absolute atomic E-state index is 14.6. The molecule has 234 valence electrons. The molecule has 0 spiro atoms. The number of aliphatic hydroxyl groups is 1. The Morgan fingerprint density at radius 1 is 1.28 bits per heavy atom. The van der Waals surface area contributed by atoms with Crippen molar-refractivity contribution in [1.82, 2.24) is 24.8 Å². The summed E-state index contributed by atoms with van der Waals surface area (Å²) in [4.78, 5) is 31.2. The number of epoxide rings is 1. The molecule has 3 fully saturated rings. The summed E-state index contributed by atoms with van der Waals surface area (Å²) in [5, 5.41) is 18.3. The van der Waals surface area contributed by atoms with Crippen LogP contribution in [0, 0.1) is 11.3 Å². The third kappa shape index (κ3) is 5.39. The largest absolute Gasteiger partial charge is 0.487 e. The van der Waals surface area contributed by atoms with Gasteiger partial charge >= 0.3 is 0 Å². The molecule has 0 bridgehead atoms. The number of halogens is 3. The topological polar surface area (TPSA) is 113 Å². The SMILES string of the molecule is C[C@H]1CCC(=O)N1C[C@@H]1c2c(OCc3nnn(C)c3C(F)F)ccc(Cl)c2CCN1C(=O)[C@@H]1CCCC[C@]1(C)C1OC1O. The number of aromatic nitrogens is 3. The van der Waals surface area contributed by atoms with Crippen LogP contribution in [0.5, 0.6) is 5.75 Å². The number of amides is 2. The van der Waals surface area contributed by atoms with Gasteiger partial charge in [-0.25, -0.2) is 13.5 Å². The minimum absolute atomic E-state index is 0.00142. The number of hydrogen-bond acceptors (Lipinski definition) is 7. The Hall–Kier alpha value is -2.83. The summed E-state index contributed by atoms with van der Waals surface area (Å²) in [6.07, 6.45) is 0.910. The second-order valence-electron chi connectivity index (χ2n) is 12.6. The molecule has 2 saturated heterocycles. The van der Waals surface area contributed by atoms with Crippen LogP contribution in [0.1, 0.15) is 87.4 Å². The Bertz CT molecular complexity index is 1410. The first kappa shape index (κ1) is 30.2. The van der Waals surface area contributed by atoms with Gasteiger partial charge in [0.15, 0.2) is 6.29 Å². The zero-order chi connectivity index (χ0) is 30.6. The summed E-state index contributed by atoms with van der Waals surface area (Å²) in [5.41, 5.74) is 0.677. The van der Waals surface area contributed by atoms with E-state index < -0.39 is 24.2 Å². The van der Waals surface area contributed by atoms with Gasteiger partial charge < -0.3 is 24.4 Å². The molecule has 10 nitrogen and oxygen atoms in total. The van der Waals surface area contributed by atoms with Crippen LogP contribution in [0.25, 0.3) is 0 Å². The van der Waals surface area contributed by atoms with E-state index in [9.17, 15) is 23.5 Å². The summed E-state index contributed by atoms with van der Waals surface area (Å²) < 4.78 is 40.2. The van der Waals surface area contributed by atoms with Gasteiger partial charge in [-0.2, -0.15) is 0 Å². The fourth-order valence-corrected chi connectivity index (χ4v) is 7.78. The normalized spacial score (nSPS) is 30.6. The molecular weight excluding hydrogens is 584 g/mol. The molecule has 3 aliphatic heterocycles. The van der Waals surface area contributed by atoms with Crippen molar-refractivity contribution >= 4 is 23.4 Å². The van der Waals surface area contributed by atoms with Gasteiger partial charge in [-0.05, 0) is 50.3 Å². The highest BCUT2D eigenvalue weighted by Crippen LogP contribution is 2.53. The van der Waals surface area contributed by atoms with Crippen LogP contribution in [0.4, 0.5) is 8.78 Å². The number of carbonyl (C=O) groups excluding carboxylic acids is 2. The van der Waals surface area contributed by atoms with E-state index in [2.05, 4.69) is 10.3 Å². The number of hydrogen-bond donors (Lipinski definition) is 1. The van der Waals surface area contributed by atoms with Crippen molar-refractivity contribution in [3.63, 3.8) is 0 Å². The minimum atomic E-state index is -2.78. The van der Waals surface area contributed by atoms with E-state index in [1.807, 2.05) is 23.6 Å². The smallest absolute Gasteiger partial charge is 0.282 e. The van der Waals surface area contributed by atoms with E-state index in [4.69, 9.17) is 21.1 Å². The Balaban J connectivity index is 1.38. The molecule has 1 aromatic carbocycles. The molecule has 6 atom stereocenters.